The SMILES string of the molecule is CCCC=Cc1cccc2c1CCCC2. The van der Waals surface area contributed by atoms with Crippen LogP contribution in [0.1, 0.15) is 49.3 Å². The summed E-state index contributed by atoms with van der Waals surface area (Å²) in [6.45, 7) is 2.23. The van der Waals surface area contributed by atoms with Gasteiger partial charge in [0.05, 0.1) is 0 Å². The van der Waals surface area contributed by atoms with Gasteiger partial charge in [0.25, 0.3) is 0 Å². The molecule has 0 aromatic heterocycles. The third kappa shape index (κ3) is 2.50. The zero-order valence-corrected chi connectivity index (χ0v) is 9.63. The van der Waals surface area contributed by atoms with E-state index in [1.54, 1.807) is 11.1 Å². The molecule has 15 heavy (non-hydrogen) atoms. The lowest BCUT2D eigenvalue weighted by molar-refractivity contribution is 0.684. The van der Waals surface area contributed by atoms with Crippen molar-refractivity contribution in [2.24, 2.45) is 0 Å². The predicted molar refractivity (Wildman–Crippen MR) is 67.0 cm³/mol. The van der Waals surface area contributed by atoms with Crippen LogP contribution in [0.15, 0.2) is 24.3 Å². The van der Waals surface area contributed by atoms with Gasteiger partial charge in [-0.25, -0.2) is 0 Å². The molecule has 0 amide bonds. The summed E-state index contributed by atoms with van der Waals surface area (Å²) < 4.78 is 0. The van der Waals surface area contributed by atoms with E-state index in [9.17, 15) is 0 Å². The molecule has 0 unspecified atom stereocenters. The molecule has 0 saturated carbocycles. The van der Waals surface area contributed by atoms with Gasteiger partial charge in [0.1, 0.15) is 0 Å². The van der Waals surface area contributed by atoms with E-state index in [4.69, 9.17) is 0 Å². The van der Waals surface area contributed by atoms with E-state index in [0.29, 0.717) is 0 Å². The Kier molecular flexibility index (Phi) is 3.60. The molecule has 0 aliphatic heterocycles. The summed E-state index contributed by atoms with van der Waals surface area (Å²) in [4.78, 5) is 0. The average Bonchev–Trinajstić information content (AvgIpc) is 2.30. The quantitative estimate of drug-likeness (QED) is 0.679. The van der Waals surface area contributed by atoms with Gasteiger partial charge >= 0.3 is 0 Å². The number of benzene rings is 1. The number of hydrogen-bond acceptors (Lipinski definition) is 0. The highest BCUT2D eigenvalue weighted by atomic mass is 14.2. The fourth-order valence-corrected chi connectivity index (χ4v) is 2.34. The Morgan fingerprint density at radius 2 is 2.07 bits per heavy atom. The van der Waals surface area contributed by atoms with Gasteiger partial charge in [0.2, 0.25) is 0 Å². The van der Waals surface area contributed by atoms with Crippen molar-refractivity contribution in [2.45, 2.75) is 45.4 Å². The van der Waals surface area contributed by atoms with Crippen molar-refractivity contribution in [3.05, 3.63) is 41.0 Å². The van der Waals surface area contributed by atoms with Crippen LogP contribution in [-0.4, -0.2) is 0 Å². The molecular weight excluding hydrogens is 180 g/mol. The molecule has 0 heterocycles. The van der Waals surface area contributed by atoms with Gasteiger partial charge in [-0.3, -0.25) is 0 Å². The molecule has 0 spiro atoms. The minimum Gasteiger partial charge on any atom is -0.0839 e. The number of hydrogen-bond donors (Lipinski definition) is 0. The van der Waals surface area contributed by atoms with Crippen molar-refractivity contribution in [2.75, 3.05) is 0 Å². The van der Waals surface area contributed by atoms with Crippen molar-refractivity contribution in [3.63, 3.8) is 0 Å². The van der Waals surface area contributed by atoms with E-state index in [0.717, 1.165) is 0 Å². The second-order valence-electron chi connectivity index (χ2n) is 4.38. The highest BCUT2D eigenvalue weighted by molar-refractivity contribution is 5.56. The molecule has 0 N–H and O–H groups in total. The molecule has 1 aromatic rings. The van der Waals surface area contributed by atoms with E-state index in [1.165, 1.54) is 44.1 Å². The number of allylic oxidation sites excluding steroid dienone is 1. The first-order valence-electron chi connectivity index (χ1n) is 6.19. The molecule has 0 bridgehead atoms. The van der Waals surface area contributed by atoms with Crippen LogP contribution in [0.3, 0.4) is 0 Å². The Labute approximate surface area is 93.0 Å². The molecule has 0 atom stereocenters. The summed E-state index contributed by atoms with van der Waals surface area (Å²) in [5.74, 6) is 0. The van der Waals surface area contributed by atoms with Crippen LogP contribution in [0.5, 0.6) is 0 Å². The molecule has 80 valence electrons. The molecule has 0 heteroatoms. The number of aryl methyl sites for hydroxylation is 1. The first-order chi connectivity index (χ1) is 7.42. The lowest BCUT2D eigenvalue weighted by Gasteiger charge is -2.17. The second-order valence-corrected chi connectivity index (χ2v) is 4.38. The average molecular weight is 200 g/mol. The molecule has 1 aliphatic rings. The predicted octanol–water partition coefficient (Wildman–Crippen LogP) is 4.38. The highest BCUT2D eigenvalue weighted by Crippen LogP contribution is 2.25. The van der Waals surface area contributed by atoms with Crippen LogP contribution in [0.25, 0.3) is 6.08 Å². The maximum absolute atomic E-state index is 2.31. The summed E-state index contributed by atoms with van der Waals surface area (Å²) >= 11 is 0. The summed E-state index contributed by atoms with van der Waals surface area (Å²) in [7, 11) is 0. The Hall–Kier alpha value is -1.04. The van der Waals surface area contributed by atoms with Gasteiger partial charge in [0.15, 0.2) is 0 Å². The van der Waals surface area contributed by atoms with Gasteiger partial charge < -0.3 is 0 Å². The maximum Gasteiger partial charge on any atom is -0.0225 e. The fraction of sp³-hybridized carbons (Fsp3) is 0.467. The van der Waals surface area contributed by atoms with Gasteiger partial charge in [-0.15, -0.1) is 0 Å². The summed E-state index contributed by atoms with van der Waals surface area (Å²) in [6, 6.07) is 6.76. The van der Waals surface area contributed by atoms with Crippen molar-refractivity contribution in [1.29, 1.82) is 0 Å². The van der Waals surface area contributed by atoms with Gasteiger partial charge in [-0.1, -0.05) is 43.7 Å². The van der Waals surface area contributed by atoms with Crippen LogP contribution in [0, 0.1) is 0 Å². The Balaban J connectivity index is 2.23. The Morgan fingerprint density at radius 3 is 2.93 bits per heavy atom. The van der Waals surface area contributed by atoms with E-state index in [1.807, 2.05) is 0 Å². The first-order valence-corrected chi connectivity index (χ1v) is 6.19. The van der Waals surface area contributed by atoms with Crippen LogP contribution in [0.4, 0.5) is 0 Å². The normalized spacial score (nSPS) is 15.5. The molecule has 0 saturated heterocycles. The fourth-order valence-electron chi connectivity index (χ4n) is 2.34. The summed E-state index contributed by atoms with van der Waals surface area (Å²) in [6.07, 6.45) is 12.4. The number of rotatable bonds is 3. The van der Waals surface area contributed by atoms with Crippen molar-refractivity contribution in [1.82, 2.24) is 0 Å². The van der Waals surface area contributed by atoms with E-state index in [2.05, 4.69) is 37.3 Å². The molecular formula is C15H20. The number of fused-ring (bicyclic) bond motifs is 1. The lowest BCUT2D eigenvalue weighted by atomic mass is 9.88. The molecule has 2 rings (SSSR count). The first kappa shape index (κ1) is 10.5. The standard InChI is InChI=1S/C15H20/c1-2-3-4-8-13-10-7-11-14-9-5-6-12-15(13)14/h4,7-8,10-11H,2-3,5-6,9,12H2,1H3. The minimum absolute atomic E-state index is 1.20. The highest BCUT2D eigenvalue weighted by Gasteiger charge is 2.10. The van der Waals surface area contributed by atoms with Gasteiger partial charge in [-0.05, 0) is 48.8 Å². The Morgan fingerprint density at radius 1 is 1.20 bits per heavy atom. The smallest absolute Gasteiger partial charge is 0.0225 e. The largest absolute Gasteiger partial charge is 0.0839 e. The summed E-state index contributed by atoms with van der Waals surface area (Å²) in [5.41, 5.74) is 4.65. The Bertz CT molecular complexity index is 347. The molecule has 0 nitrogen and oxygen atoms in total. The van der Waals surface area contributed by atoms with Crippen LogP contribution >= 0.6 is 0 Å². The van der Waals surface area contributed by atoms with E-state index in [-0.39, 0.29) is 0 Å². The lowest BCUT2D eigenvalue weighted by Crippen LogP contribution is -2.03. The van der Waals surface area contributed by atoms with Crippen molar-refractivity contribution in [3.8, 4) is 0 Å². The van der Waals surface area contributed by atoms with Crippen LogP contribution < -0.4 is 0 Å². The zero-order valence-electron chi connectivity index (χ0n) is 9.63. The molecule has 0 fully saturated rings. The van der Waals surface area contributed by atoms with Gasteiger partial charge in [-0.2, -0.15) is 0 Å². The zero-order chi connectivity index (χ0) is 10.5. The number of unbranched alkanes of at least 4 members (excludes halogenated alkanes) is 1. The third-order valence-corrected chi connectivity index (χ3v) is 3.18. The third-order valence-electron chi connectivity index (χ3n) is 3.18. The minimum atomic E-state index is 1.20. The molecule has 1 aliphatic carbocycles. The molecule has 1 aromatic carbocycles. The van der Waals surface area contributed by atoms with Crippen molar-refractivity contribution >= 4 is 6.08 Å². The van der Waals surface area contributed by atoms with E-state index >= 15 is 0 Å². The molecule has 0 radical (unpaired) electrons. The topological polar surface area (TPSA) is 0 Å². The monoisotopic (exact) mass is 200 g/mol. The van der Waals surface area contributed by atoms with Crippen LogP contribution in [0.2, 0.25) is 0 Å². The second kappa shape index (κ2) is 5.16. The van der Waals surface area contributed by atoms with Crippen molar-refractivity contribution < 1.29 is 0 Å². The summed E-state index contributed by atoms with van der Waals surface area (Å²) in [5, 5.41) is 0. The van der Waals surface area contributed by atoms with Crippen LogP contribution in [-0.2, 0) is 12.8 Å². The van der Waals surface area contributed by atoms with Gasteiger partial charge in [0, 0.05) is 0 Å². The van der Waals surface area contributed by atoms with E-state index < -0.39 is 0 Å². The maximum atomic E-state index is 2.31.